The maximum Gasteiger partial charge on any atom is 0.130 e. The van der Waals surface area contributed by atoms with E-state index in [4.69, 9.17) is 4.74 Å². The average Bonchev–Trinajstić information content (AvgIpc) is 2.62. The van der Waals surface area contributed by atoms with Crippen LogP contribution in [0.4, 0.5) is 0 Å². The predicted octanol–water partition coefficient (Wildman–Crippen LogP) is 3.25. The molecule has 4 heteroatoms. The fourth-order valence-electron chi connectivity index (χ4n) is 3.18. The van der Waals surface area contributed by atoms with Crippen LogP contribution in [0.5, 0.6) is 5.75 Å². The third kappa shape index (κ3) is 4.79. The molecule has 1 saturated heterocycles. The summed E-state index contributed by atoms with van der Waals surface area (Å²) in [6.07, 6.45) is 3.77. The van der Waals surface area contributed by atoms with Gasteiger partial charge in [-0.3, -0.25) is 9.88 Å². The molecule has 4 nitrogen and oxygen atoms in total. The molecule has 1 unspecified atom stereocenters. The zero-order valence-corrected chi connectivity index (χ0v) is 14.3. The monoisotopic (exact) mass is 326 g/mol. The Bertz CT molecular complexity index is 605. The second-order valence-electron chi connectivity index (χ2n) is 6.61. The second kappa shape index (κ2) is 8.27. The lowest BCUT2D eigenvalue weighted by atomic mass is 9.92. The van der Waals surface area contributed by atoms with Crippen molar-refractivity contribution in [2.24, 2.45) is 5.92 Å². The predicted molar refractivity (Wildman–Crippen MR) is 94.7 cm³/mol. The summed E-state index contributed by atoms with van der Waals surface area (Å²) in [5.74, 6) is 1.33. The van der Waals surface area contributed by atoms with Crippen LogP contribution in [0.1, 0.15) is 31.0 Å². The van der Waals surface area contributed by atoms with Gasteiger partial charge in [0.1, 0.15) is 12.4 Å². The van der Waals surface area contributed by atoms with Crippen molar-refractivity contribution in [3.05, 3.63) is 59.9 Å². The van der Waals surface area contributed by atoms with E-state index in [1.54, 1.807) is 6.20 Å². The van der Waals surface area contributed by atoms with Gasteiger partial charge in [-0.05, 0) is 68.6 Å². The van der Waals surface area contributed by atoms with E-state index in [0.717, 1.165) is 43.9 Å². The number of pyridine rings is 1. The molecule has 0 spiro atoms. The zero-order chi connectivity index (χ0) is 16.8. The summed E-state index contributed by atoms with van der Waals surface area (Å²) in [4.78, 5) is 6.72. The highest BCUT2D eigenvalue weighted by Gasteiger charge is 2.22. The summed E-state index contributed by atoms with van der Waals surface area (Å²) in [6.45, 7) is 5.49. The van der Waals surface area contributed by atoms with Crippen molar-refractivity contribution in [3.63, 3.8) is 0 Å². The van der Waals surface area contributed by atoms with Gasteiger partial charge in [0.2, 0.25) is 0 Å². The molecule has 2 aromatic rings. The third-order valence-electron chi connectivity index (χ3n) is 4.76. The summed E-state index contributed by atoms with van der Waals surface area (Å²) in [5.41, 5.74) is 2.23. The first kappa shape index (κ1) is 16.9. The second-order valence-corrected chi connectivity index (χ2v) is 6.61. The van der Waals surface area contributed by atoms with Crippen molar-refractivity contribution in [3.8, 4) is 5.75 Å². The van der Waals surface area contributed by atoms with Gasteiger partial charge < -0.3 is 9.84 Å². The third-order valence-corrected chi connectivity index (χ3v) is 4.76. The van der Waals surface area contributed by atoms with Crippen molar-refractivity contribution in [1.82, 2.24) is 9.88 Å². The van der Waals surface area contributed by atoms with Crippen molar-refractivity contribution in [2.45, 2.75) is 39.0 Å². The largest absolute Gasteiger partial charge is 0.487 e. The molecule has 0 aliphatic carbocycles. The fourth-order valence-corrected chi connectivity index (χ4v) is 3.18. The Morgan fingerprint density at radius 3 is 2.54 bits per heavy atom. The average molecular weight is 326 g/mol. The van der Waals surface area contributed by atoms with Gasteiger partial charge in [-0.1, -0.05) is 18.2 Å². The lowest BCUT2D eigenvalue weighted by Crippen LogP contribution is -2.36. The van der Waals surface area contributed by atoms with Gasteiger partial charge in [-0.15, -0.1) is 0 Å². The van der Waals surface area contributed by atoms with E-state index in [9.17, 15) is 5.11 Å². The van der Waals surface area contributed by atoms with E-state index >= 15 is 0 Å². The molecule has 1 aliphatic rings. The Morgan fingerprint density at radius 2 is 1.92 bits per heavy atom. The zero-order valence-electron chi connectivity index (χ0n) is 14.3. The molecule has 0 bridgehead atoms. The van der Waals surface area contributed by atoms with Crippen LogP contribution in [0, 0.1) is 5.92 Å². The Morgan fingerprint density at radius 1 is 1.17 bits per heavy atom. The van der Waals surface area contributed by atoms with Crippen LogP contribution in [0.3, 0.4) is 0 Å². The first-order valence-corrected chi connectivity index (χ1v) is 8.73. The Balaban J connectivity index is 1.46. The van der Waals surface area contributed by atoms with E-state index in [1.165, 1.54) is 5.56 Å². The van der Waals surface area contributed by atoms with Crippen LogP contribution >= 0.6 is 0 Å². The van der Waals surface area contributed by atoms with Gasteiger partial charge >= 0.3 is 0 Å². The summed E-state index contributed by atoms with van der Waals surface area (Å²) in [6, 6.07) is 14.2. The molecular weight excluding hydrogens is 300 g/mol. The topological polar surface area (TPSA) is 45.6 Å². The van der Waals surface area contributed by atoms with Gasteiger partial charge in [0, 0.05) is 12.7 Å². The fraction of sp³-hybridized carbons (Fsp3) is 0.450. The lowest BCUT2D eigenvalue weighted by Gasteiger charge is -2.33. The molecule has 1 aliphatic heterocycles. The van der Waals surface area contributed by atoms with Crippen LogP contribution in [0.2, 0.25) is 0 Å². The van der Waals surface area contributed by atoms with E-state index in [-0.39, 0.29) is 6.10 Å². The van der Waals surface area contributed by atoms with Crippen molar-refractivity contribution in [2.75, 3.05) is 13.1 Å². The molecular formula is C20H26N2O2. The number of aliphatic hydroxyl groups excluding tert-OH is 1. The molecule has 3 rings (SSSR count). The summed E-state index contributed by atoms with van der Waals surface area (Å²) >= 11 is 0. The molecule has 128 valence electrons. The quantitative estimate of drug-likeness (QED) is 0.885. The normalized spacial score (nSPS) is 17.6. The number of benzene rings is 1. The number of aliphatic hydroxyl groups is 1. The van der Waals surface area contributed by atoms with Gasteiger partial charge in [0.25, 0.3) is 0 Å². The number of hydrogen-bond acceptors (Lipinski definition) is 4. The van der Waals surface area contributed by atoms with Crippen LogP contribution in [-0.4, -0.2) is 34.2 Å². The number of aromatic nitrogens is 1. The molecule has 0 saturated carbocycles. The Kier molecular flexibility index (Phi) is 5.83. The van der Waals surface area contributed by atoms with Crippen LogP contribution in [0.25, 0.3) is 0 Å². The molecule has 1 N–H and O–H groups in total. The lowest BCUT2D eigenvalue weighted by molar-refractivity contribution is 0.0695. The highest BCUT2D eigenvalue weighted by molar-refractivity contribution is 5.27. The van der Waals surface area contributed by atoms with Gasteiger partial charge in [-0.25, -0.2) is 0 Å². The summed E-state index contributed by atoms with van der Waals surface area (Å²) in [5, 5.41) is 9.68. The Labute approximate surface area is 144 Å². The molecule has 1 fully saturated rings. The van der Waals surface area contributed by atoms with Crippen LogP contribution < -0.4 is 4.74 Å². The number of rotatable bonds is 6. The first-order chi connectivity index (χ1) is 11.7. The van der Waals surface area contributed by atoms with Crippen molar-refractivity contribution < 1.29 is 9.84 Å². The van der Waals surface area contributed by atoms with E-state index < -0.39 is 0 Å². The molecule has 24 heavy (non-hydrogen) atoms. The molecule has 1 aromatic heterocycles. The van der Waals surface area contributed by atoms with E-state index in [2.05, 4.69) is 22.0 Å². The SMILES string of the molecule is CC(O)C1CCN(Cc2ccc(OCc3ccccn3)cc2)CC1. The standard InChI is InChI=1S/C20H26N2O2/c1-16(23)18-9-12-22(13-10-18)14-17-5-7-20(8-6-17)24-15-19-4-2-3-11-21-19/h2-8,11,16,18,23H,9-10,12-15H2,1H3. The minimum atomic E-state index is -0.178. The minimum Gasteiger partial charge on any atom is -0.487 e. The number of likely N-dealkylation sites (tertiary alicyclic amines) is 1. The maximum atomic E-state index is 9.68. The number of hydrogen-bond donors (Lipinski definition) is 1. The Hall–Kier alpha value is -1.91. The number of piperidine rings is 1. The van der Waals surface area contributed by atoms with E-state index in [1.807, 2.05) is 37.3 Å². The highest BCUT2D eigenvalue weighted by Crippen LogP contribution is 2.22. The number of nitrogens with zero attached hydrogens (tertiary/aromatic N) is 2. The van der Waals surface area contributed by atoms with Crippen LogP contribution in [-0.2, 0) is 13.2 Å². The van der Waals surface area contributed by atoms with Gasteiger partial charge in [0.15, 0.2) is 0 Å². The van der Waals surface area contributed by atoms with E-state index in [0.29, 0.717) is 12.5 Å². The molecule has 1 atom stereocenters. The summed E-state index contributed by atoms with van der Waals surface area (Å²) in [7, 11) is 0. The molecule has 1 aromatic carbocycles. The minimum absolute atomic E-state index is 0.178. The van der Waals surface area contributed by atoms with Crippen molar-refractivity contribution >= 4 is 0 Å². The summed E-state index contributed by atoms with van der Waals surface area (Å²) < 4.78 is 5.77. The van der Waals surface area contributed by atoms with Crippen LogP contribution in [0.15, 0.2) is 48.7 Å². The highest BCUT2D eigenvalue weighted by atomic mass is 16.5. The molecule has 2 heterocycles. The van der Waals surface area contributed by atoms with Gasteiger partial charge in [0.05, 0.1) is 11.8 Å². The number of ether oxygens (including phenoxy) is 1. The maximum absolute atomic E-state index is 9.68. The van der Waals surface area contributed by atoms with Gasteiger partial charge in [-0.2, -0.15) is 0 Å². The first-order valence-electron chi connectivity index (χ1n) is 8.73. The van der Waals surface area contributed by atoms with Crippen molar-refractivity contribution in [1.29, 1.82) is 0 Å². The smallest absolute Gasteiger partial charge is 0.130 e. The molecule has 0 radical (unpaired) electrons. The molecule has 0 amide bonds.